The molecule has 2 aromatic rings. The quantitative estimate of drug-likeness (QED) is 0.782. The number of nitrogens with zero attached hydrogens (tertiary/aromatic N) is 1. The van der Waals surface area contributed by atoms with Gasteiger partial charge in [-0.2, -0.15) is 0 Å². The highest BCUT2D eigenvalue weighted by atomic mass is 16.5. The number of rotatable bonds is 2. The molecule has 0 saturated carbocycles. The number of aromatic nitrogens is 1. The van der Waals surface area contributed by atoms with Crippen LogP contribution in [0.3, 0.4) is 0 Å². The van der Waals surface area contributed by atoms with Crippen LogP contribution in [0.5, 0.6) is 5.75 Å². The summed E-state index contributed by atoms with van der Waals surface area (Å²) in [6, 6.07) is 9.47. The molecule has 1 heterocycles. The molecule has 0 saturated heterocycles. The van der Waals surface area contributed by atoms with E-state index in [-0.39, 0.29) is 5.78 Å². The number of pyridine rings is 1. The number of hydrogen-bond acceptors (Lipinski definition) is 3. The lowest BCUT2D eigenvalue weighted by Crippen LogP contribution is -2.14. The number of methoxy groups -OCH3 is 1. The lowest BCUT2D eigenvalue weighted by atomic mass is 9.86. The van der Waals surface area contributed by atoms with Gasteiger partial charge in [0, 0.05) is 23.5 Å². The predicted octanol–water partition coefficient (Wildman–Crippen LogP) is 3.30. The smallest absolute Gasteiger partial charge is 0.189 e. The molecule has 1 aliphatic rings. The van der Waals surface area contributed by atoms with Gasteiger partial charge in [0.05, 0.1) is 7.11 Å². The number of fused-ring (bicyclic) bond motifs is 1. The summed E-state index contributed by atoms with van der Waals surface area (Å²) in [4.78, 5) is 16.6. The molecular formula is C17H15NO2. The van der Waals surface area contributed by atoms with Gasteiger partial charge in [-0.3, -0.25) is 9.78 Å². The molecule has 20 heavy (non-hydrogen) atoms. The molecule has 3 nitrogen and oxygen atoms in total. The number of ketones is 1. The van der Waals surface area contributed by atoms with E-state index in [4.69, 9.17) is 4.74 Å². The molecule has 0 amide bonds. The van der Waals surface area contributed by atoms with Crippen LogP contribution in [0.1, 0.15) is 27.9 Å². The SMILES string of the molecule is COc1ccc2c(c1)CC/C(=C/c1cccnc1)C2=O. The monoisotopic (exact) mass is 265 g/mol. The highest BCUT2D eigenvalue weighted by Crippen LogP contribution is 2.29. The molecule has 0 bridgehead atoms. The third kappa shape index (κ3) is 2.35. The largest absolute Gasteiger partial charge is 0.497 e. The zero-order valence-electron chi connectivity index (χ0n) is 11.3. The molecule has 3 heteroatoms. The molecule has 0 atom stereocenters. The number of allylic oxidation sites excluding steroid dienone is 1. The van der Waals surface area contributed by atoms with Crippen molar-refractivity contribution in [2.24, 2.45) is 0 Å². The predicted molar refractivity (Wildman–Crippen MR) is 77.9 cm³/mol. The van der Waals surface area contributed by atoms with E-state index < -0.39 is 0 Å². The fourth-order valence-corrected chi connectivity index (χ4v) is 2.48. The second-order valence-corrected chi connectivity index (χ2v) is 4.81. The Hall–Kier alpha value is -2.42. The molecule has 0 N–H and O–H groups in total. The maximum absolute atomic E-state index is 12.5. The van der Waals surface area contributed by atoms with Crippen molar-refractivity contribution in [3.63, 3.8) is 0 Å². The maximum Gasteiger partial charge on any atom is 0.189 e. The van der Waals surface area contributed by atoms with Gasteiger partial charge >= 0.3 is 0 Å². The van der Waals surface area contributed by atoms with Crippen molar-refractivity contribution in [2.75, 3.05) is 7.11 Å². The number of ether oxygens (including phenoxy) is 1. The van der Waals surface area contributed by atoms with Gasteiger partial charge in [0.1, 0.15) is 5.75 Å². The van der Waals surface area contributed by atoms with Gasteiger partial charge in [-0.25, -0.2) is 0 Å². The Bertz CT molecular complexity index is 675. The van der Waals surface area contributed by atoms with E-state index in [0.717, 1.165) is 40.9 Å². The Morgan fingerprint density at radius 2 is 2.15 bits per heavy atom. The highest BCUT2D eigenvalue weighted by molar-refractivity contribution is 6.13. The van der Waals surface area contributed by atoms with Crippen molar-refractivity contribution in [3.05, 3.63) is 65.0 Å². The van der Waals surface area contributed by atoms with Crippen LogP contribution < -0.4 is 4.74 Å². The van der Waals surface area contributed by atoms with E-state index in [0.29, 0.717) is 0 Å². The third-order valence-corrected chi connectivity index (χ3v) is 3.54. The lowest BCUT2D eigenvalue weighted by molar-refractivity contribution is 0.102. The van der Waals surface area contributed by atoms with Gasteiger partial charge in [-0.05, 0) is 54.3 Å². The second-order valence-electron chi connectivity index (χ2n) is 4.81. The molecule has 1 aromatic heterocycles. The van der Waals surface area contributed by atoms with Gasteiger partial charge in [-0.15, -0.1) is 0 Å². The van der Waals surface area contributed by atoms with Crippen molar-refractivity contribution < 1.29 is 9.53 Å². The molecule has 3 rings (SSSR count). The first-order valence-corrected chi connectivity index (χ1v) is 6.60. The zero-order valence-corrected chi connectivity index (χ0v) is 11.3. The van der Waals surface area contributed by atoms with Gasteiger partial charge in [-0.1, -0.05) is 6.07 Å². The minimum atomic E-state index is 0.109. The fourth-order valence-electron chi connectivity index (χ4n) is 2.48. The minimum Gasteiger partial charge on any atom is -0.497 e. The average molecular weight is 265 g/mol. The van der Waals surface area contributed by atoms with Gasteiger partial charge in [0.2, 0.25) is 0 Å². The van der Waals surface area contributed by atoms with Gasteiger partial charge in [0.25, 0.3) is 0 Å². The number of carbonyl (C=O) groups is 1. The molecule has 0 radical (unpaired) electrons. The number of benzene rings is 1. The van der Waals surface area contributed by atoms with Crippen molar-refractivity contribution in [3.8, 4) is 5.75 Å². The van der Waals surface area contributed by atoms with Crippen molar-refractivity contribution in [1.82, 2.24) is 4.98 Å². The lowest BCUT2D eigenvalue weighted by Gasteiger charge is -2.18. The topological polar surface area (TPSA) is 39.2 Å². The van der Waals surface area contributed by atoms with E-state index in [2.05, 4.69) is 4.98 Å². The average Bonchev–Trinajstić information content (AvgIpc) is 2.51. The molecular weight excluding hydrogens is 250 g/mol. The van der Waals surface area contributed by atoms with Crippen LogP contribution in [0.4, 0.5) is 0 Å². The number of Topliss-reactive ketones (excluding diaryl/α,β-unsaturated/α-hetero) is 1. The maximum atomic E-state index is 12.5. The van der Waals surface area contributed by atoms with E-state index in [1.54, 1.807) is 19.5 Å². The summed E-state index contributed by atoms with van der Waals surface area (Å²) in [7, 11) is 1.64. The van der Waals surface area contributed by atoms with Crippen LogP contribution in [0.15, 0.2) is 48.3 Å². The molecule has 0 spiro atoms. The molecule has 1 aliphatic carbocycles. The first-order chi connectivity index (χ1) is 9.78. The first-order valence-electron chi connectivity index (χ1n) is 6.60. The summed E-state index contributed by atoms with van der Waals surface area (Å²) in [5.41, 5.74) is 3.66. The normalized spacial score (nSPS) is 16.1. The van der Waals surface area contributed by atoms with Crippen LogP contribution in [0.25, 0.3) is 6.08 Å². The van der Waals surface area contributed by atoms with Crippen molar-refractivity contribution in [1.29, 1.82) is 0 Å². The molecule has 0 unspecified atom stereocenters. The van der Waals surface area contributed by atoms with Crippen LogP contribution in [-0.2, 0) is 6.42 Å². The van der Waals surface area contributed by atoms with Crippen LogP contribution in [0.2, 0.25) is 0 Å². The fraction of sp³-hybridized carbons (Fsp3) is 0.176. The summed E-state index contributed by atoms with van der Waals surface area (Å²) in [5.74, 6) is 0.911. The second kappa shape index (κ2) is 5.29. The van der Waals surface area contributed by atoms with Crippen molar-refractivity contribution in [2.45, 2.75) is 12.8 Å². The third-order valence-electron chi connectivity index (χ3n) is 3.54. The highest BCUT2D eigenvalue weighted by Gasteiger charge is 2.22. The first kappa shape index (κ1) is 12.6. The molecule has 100 valence electrons. The zero-order chi connectivity index (χ0) is 13.9. The Morgan fingerprint density at radius 3 is 2.90 bits per heavy atom. The Balaban J connectivity index is 1.95. The van der Waals surface area contributed by atoms with Crippen LogP contribution in [-0.4, -0.2) is 17.9 Å². The Labute approximate surface area is 117 Å². The molecule has 0 aliphatic heterocycles. The summed E-state index contributed by atoms with van der Waals surface area (Å²) in [6.45, 7) is 0. The summed E-state index contributed by atoms with van der Waals surface area (Å²) in [5, 5.41) is 0. The number of carbonyl (C=O) groups excluding carboxylic acids is 1. The number of hydrogen-bond donors (Lipinski definition) is 0. The van der Waals surface area contributed by atoms with E-state index in [9.17, 15) is 4.79 Å². The van der Waals surface area contributed by atoms with Gasteiger partial charge < -0.3 is 4.74 Å². The molecule has 0 fully saturated rings. The molecule has 1 aromatic carbocycles. The Kier molecular flexibility index (Phi) is 3.33. The summed E-state index contributed by atoms with van der Waals surface area (Å²) >= 11 is 0. The number of aryl methyl sites for hydroxylation is 1. The van der Waals surface area contributed by atoms with E-state index in [1.807, 2.05) is 36.4 Å². The summed E-state index contributed by atoms with van der Waals surface area (Å²) in [6.07, 6.45) is 7.05. The van der Waals surface area contributed by atoms with E-state index in [1.165, 1.54) is 0 Å². The minimum absolute atomic E-state index is 0.109. The summed E-state index contributed by atoms with van der Waals surface area (Å²) < 4.78 is 5.20. The van der Waals surface area contributed by atoms with E-state index >= 15 is 0 Å². The van der Waals surface area contributed by atoms with Crippen LogP contribution >= 0.6 is 0 Å². The van der Waals surface area contributed by atoms with Crippen LogP contribution in [0, 0.1) is 0 Å². The van der Waals surface area contributed by atoms with Crippen molar-refractivity contribution >= 4 is 11.9 Å². The van der Waals surface area contributed by atoms with Gasteiger partial charge in [0.15, 0.2) is 5.78 Å². The standard InChI is InChI=1S/C17H15NO2/c1-20-15-6-7-16-13(10-15)4-5-14(17(16)19)9-12-3-2-8-18-11-12/h2-3,6-11H,4-5H2,1H3/b14-9-. The Morgan fingerprint density at radius 1 is 1.25 bits per heavy atom.